The highest BCUT2D eigenvalue weighted by atomic mass is 16.4. The number of amides is 2. The average molecular weight is 289 g/mol. The Bertz CT molecular complexity index is 567. The number of nitrogens with one attached hydrogen (secondary N) is 1. The fourth-order valence-corrected chi connectivity index (χ4v) is 1.75. The van der Waals surface area contributed by atoms with Gasteiger partial charge < -0.3 is 10.4 Å². The zero-order valence-electron chi connectivity index (χ0n) is 12.5. The molecule has 2 N–H and O–H groups in total. The Balaban J connectivity index is 2.87. The first-order valence-electron chi connectivity index (χ1n) is 6.44. The third kappa shape index (κ3) is 4.21. The summed E-state index contributed by atoms with van der Waals surface area (Å²) in [6.45, 7) is 5.23. The summed E-state index contributed by atoms with van der Waals surface area (Å²) in [6.07, 6.45) is 0. The minimum Gasteiger partial charge on any atom is -0.480 e. The molecule has 1 rings (SSSR count). The maximum Gasteiger partial charge on any atom is 0.326 e. The highest BCUT2D eigenvalue weighted by molar-refractivity contribution is 5.94. The van der Waals surface area contributed by atoms with E-state index in [1.807, 2.05) is 6.07 Å². The van der Waals surface area contributed by atoms with Gasteiger partial charge in [-0.1, -0.05) is 20.8 Å². The first kappa shape index (κ1) is 16.5. The fourth-order valence-electron chi connectivity index (χ4n) is 1.75. The molecule has 6 nitrogen and oxygen atoms in total. The molecule has 0 unspecified atom stereocenters. The number of carboxylic acid groups (broad SMARTS) is 1. The van der Waals surface area contributed by atoms with Crippen LogP contribution in [0.1, 0.15) is 26.3 Å². The van der Waals surface area contributed by atoms with Crippen LogP contribution in [0.2, 0.25) is 0 Å². The van der Waals surface area contributed by atoms with E-state index in [9.17, 15) is 14.7 Å². The zero-order valence-corrected chi connectivity index (χ0v) is 12.5. The van der Waals surface area contributed by atoms with E-state index in [1.54, 1.807) is 45.0 Å². The summed E-state index contributed by atoms with van der Waals surface area (Å²) in [6, 6.07) is 6.94. The molecule has 0 radical (unpaired) electrons. The van der Waals surface area contributed by atoms with E-state index in [-0.39, 0.29) is 0 Å². The Kier molecular flexibility index (Phi) is 4.93. The van der Waals surface area contributed by atoms with E-state index >= 15 is 0 Å². The molecule has 0 fully saturated rings. The number of aliphatic carboxylic acids is 1. The van der Waals surface area contributed by atoms with Crippen LogP contribution in [0.3, 0.4) is 0 Å². The van der Waals surface area contributed by atoms with Crippen molar-refractivity contribution in [1.29, 1.82) is 5.26 Å². The van der Waals surface area contributed by atoms with E-state index in [1.165, 1.54) is 11.9 Å². The summed E-state index contributed by atoms with van der Waals surface area (Å²) >= 11 is 0. The lowest BCUT2D eigenvalue weighted by Crippen LogP contribution is -2.52. The van der Waals surface area contributed by atoms with Crippen LogP contribution in [-0.2, 0) is 4.79 Å². The molecule has 0 spiro atoms. The molecule has 0 aliphatic heterocycles. The fraction of sp³-hybridized carbons (Fsp3) is 0.400. The van der Waals surface area contributed by atoms with Crippen LogP contribution in [0.15, 0.2) is 24.3 Å². The summed E-state index contributed by atoms with van der Waals surface area (Å²) in [5.74, 6) is -1.08. The van der Waals surface area contributed by atoms with Crippen molar-refractivity contribution in [1.82, 2.24) is 5.32 Å². The highest BCUT2D eigenvalue weighted by Crippen LogP contribution is 2.20. The normalized spacial score (nSPS) is 12.1. The van der Waals surface area contributed by atoms with Crippen LogP contribution in [-0.4, -0.2) is 30.2 Å². The second-order valence-electron chi connectivity index (χ2n) is 5.80. The Morgan fingerprint density at radius 3 is 2.19 bits per heavy atom. The molecule has 6 heteroatoms. The third-order valence-corrected chi connectivity index (χ3v) is 3.07. The monoisotopic (exact) mass is 289 g/mol. The first-order valence-corrected chi connectivity index (χ1v) is 6.44. The number of benzene rings is 1. The van der Waals surface area contributed by atoms with Gasteiger partial charge in [0.2, 0.25) is 0 Å². The average Bonchev–Trinajstić information content (AvgIpc) is 2.42. The molecule has 1 aromatic rings. The molecule has 0 heterocycles. The Hall–Kier alpha value is -2.55. The van der Waals surface area contributed by atoms with Crippen molar-refractivity contribution in [3.05, 3.63) is 29.8 Å². The van der Waals surface area contributed by atoms with Crippen molar-refractivity contribution < 1.29 is 14.7 Å². The predicted molar refractivity (Wildman–Crippen MR) is 79.0 cm³/mol. The maximum atomic E-state index is 12.1. The van der Waals surface area contributed by atoms with Gasteiger partial charge in [-0.3, -0.25) is 4.90 Å². The lowest BCUT2D eigenvalue weighted by atomic mass is 9.87. The molecule has 0 aliphatic carbocycles. The number of urea groups is 1. The molecule has 1 aromatic carbocycles. The third-order valence-electron chi connectivity index (χ3n) is 3.07. The molecule has 1 atom stereocenters. The molecule has 0 bridgehead atoms. The topological polar surface area (TPSA) is 93.4 Å². The molecule has 0 saturated heterocycles. The molecule has 112 valence electrons. The van der Waals surface area contributed by atoms with Gasteiger partial charge in [-0.2, -0.15) is 5.26 Å². The molecule has 2 amide bonds. The predicted octanol–water partition coefficient (Wildman–Crippen LogP) is 2.20. The lowest BCUT2D eigenvalue weighted by molar-refractivity contribution is -0.141. The van der Waals surface area contributed by atoms with E-state index in [0.29, 0.717) is 11.3 Å². The zero-order chi connectivity index (χ0) is 16.2. The number of nitriles is 1. The summed E-state index contributed by atoms with van der Waals surface area (Å²) in [4.78, 5) is 24.7. The minimum atomic E-state index is -1.08. The highest BCUT2D eigenvalue weighted by Gasteiger charge is 2.33. The van der Waals surface area contributed by atoms with Crippen LogP contribution in [0, 0.1) is 16.7 Å². The summed E-state index contributed by atoms with van der Waals surface area (Å²) in [5, 5.41) is 20.5. The largest absolute Gasteiger partial charge is 0.480 e. The molecular weight excluding hydrogens is 270 g/mol. The Morgan fingerprint density at radius 1 is 1.29 bits per heavy atom. The lowest BCUT2D eigenvalue weighted by Gasteiger charge is -2.29. The second kappa shape index (κ2) is 6.27. The molecule has 0 saturated carbocycles. The smallest absolute Gasteiger partial charge is 0.326 e. The number of carbonyl (C=O) groups is 2. The standard InChI is InChI=1S/C15H19N3O3/c1-15(2,3)12(13(19)20)17-14(21)18(4)11-7-5-10(9-16)6-8-11/h5-8,12H,1-4H3,(H,17,21)(H,19,20)/t12-/m1/s1. The number of carbonyl (C=O) groups excluding carboxylic acids is 1. The molecule has 21 heavy (non-hydrogen) atoms. The maximum absolute atomic E-state index is 12.1. The molecule has 0 aliphatic rings. The number of carboxylic acids is 1. The van der Waals surface area contributed by atoms with Crippen LogP contribution >= 0.6 is 0 Å². The Morgan fingerprint density at radius 2 is 1.81 bits per heavy atom. The van der Waals surface area contributed by atoms with Gasteiger partial charge in [0.05, 0.1) is 11.6 Å². The van der Waals surface area contributed by atoms with Crippen LogP contribution in [0.25, 0.3) is 0 Å². The summed E-state index contributed by atoms with van der Waals surface area (Å²) in [7, 11) is 1.54. The number of anilines is 1. The Labute approximate surface area is 124 Å². The van der Waals surface area contributed by atoms with Gasteiger partial charge in [-0.05, 0) is 29.7 Å². The van der Waals surface area contributed by atoms with Crippen LogP contribution in [0.4, 0.5) is 10.5 Å². The number of rotatable bonds is 3. The number of hydrogen-bond acceptors (Lipinski definition) is 3. The molecular formula is C15H19N3O3. The van der Waals surface area contributed by atoms with E-state index < -0.39 is 23.5 Å². The van der Waals surface area contributed by atoms with Crippen LogP contribution < -0.4 is 10.2 Å². The summed E-state index contributed by atoms with van der Waals surface area (Å²) < 4.78 is 0. The van der Waals surface area contributed by atoms with Crippen molar-refractivity contribution >= 4 is 17.7 Å². The van der Waals surface area contributed by atoms with Crippen molar-refractivity contribution in [2.75, 3.05) is 11.9 Å². The quantitative estimate of drug-likeness (QED) is 0.892. The van der Waals surface area contributed by atoms with Gasteiger partial charge in [0.1, 0.15) is 6.04 Å². The van der Waals surface area contributed by atoms with Gasteiger partial charge in [-0.15, -0.1) is 0 Å². The van der Waals surface area contributed by atoms with Gasteiger partial charge in [-0.25, -0.2) is 9.59 Å². The molecule has 0 aromatic heterocycles. The second-order valence-corrected chi connectivity index (χ2v) is 5.80. The van der Waals surface area contributed by atoms with Crippen molar-refractivity contribution in [3.8, 4) is 6.07 Å². The van der Waals surface area contributed by atoms with Gasteiger partial charge in [0.15, 0.2) is 0 Å². The van der Waals surface area contributed by atoms with Gasteiger partial charge in [0.25, 0.3) is 0 Å². The van der Waals surface area contributed by atoms with Gasteiger partial charge in [0, 0.05) is 12.7 Å². The van der Waals surface area contributed by atoms with Crippen molar-refractivity contribution in [2.45, 2.75) is 26.8 Å². The first-order chi connectivity index (χ1) is 9.66. The van der Waals surface area contributed by atoms with E-state index in [2.05, 4.69) is 5.32 Å². The van der Waals surface area contributed by atoms with E-state index in [4.69, 9.17) is 5.26 Å². The minimum absolute atomic E-state index is 0.491. The SMILES string of the molecule is CN(C(=O)N[C@H](C(=O)O)C(C)(C)C)c1ccc(C#N)cc1. The number of nitrogens with zero attached hydrogens (tertiary/aromatic N) is 2. The summed E-state index contributed by atoms with van der Waals surface area (Å²) in [5.41, 5.74) is 0.461. The van der Waals surface area contributed by atoms with Crippen molar-refractivity contribution in [3.63, 3.8) is 0 Å². The van der Waals surface area contributed by atoms with E-state index in [0.717, 1.165) is 0 Å². The number of hydrogen-bond donors (Lipinski definition) is 2. The van der Waals surface area contributed by atoms with Gasteiger partial charge >= 0.3 is 12.0 Å². The van der Waals surface area contributed by atoms with Crippen molar-refractivity contribution in [2.24, 2.45) is 5.41 Å². The van der Waals surface area contributed by atoms with Crippen LogP contribution in [0.5, 0.6) is 0 Å².